The van der Waals surface area contributed by atoms with E-state index in [1.807, 2.05) is 35.7 Å². The number of hydrogen-bond acceptors (Lipinski definition) is 7. The summed E-state index contributed by atoms with van der Waals surface area (Å²) in [6.45, 7) is 2.52. The number of benzene rings is 2. The first kappa shape index (κ1) is 20.0. The van der Waals surface area contributed by atoms with E-state index >= 15 is 0 Å². The SMILES string of the molecule is CC(OC(=O)c1ccc(C2SCCS2)cc1)C(=O)Nc1ccc2c(c1)OCCO2. The van der Waals surface area contributed by atoms with Crippen LogP contribution in [-0.2, 0) is 9.53 Å². The van der Waals surface area contributed by atoms with E-state index in [9.17, 15) is 9.59 Å². The molecule has 8 heteroatoms. The first-order chi connectivity index (χ1) is 14.1. The lowest BCUT2D eigenvalue weighted by Crippen LogP contribution is -2.30. The molecule has 2 heterocycles. The van der Waals surface area contributed by atoms with Gasteiger partial charge >= 0.3 is 5.97 Å². The third kappa shape index (κ3) is 4.82. The van der Waals surface area contributed by atoms with Crippen molar-refractivity contribution >= 4 is 41.1 Å². The van der Waals surface area contributed by atoms with Crippen LogP contribution in [0, 0.1) is 0 Å². The number of anilines is 1. The standard InChI is InChI=1S/C21H21NO5S2/c1-13(19(23)22-16-6-7-17-18(12-16)26-9-8-25-17)27-20(24)14-2-4-15(5-3-14)21-28-10-11-29-21/h2-7,12-13,21H,8-11H2,1H3,(H,22,23). The third-order valence-corrected chi connectivity index (χ3v) is 7.61. The van der Waals surface area contributed by atoms with Crippen LogP contribution >= 0.6 is 23.5 Å². The van der Waals surface area contributed by atoms with Crippen LogP contribution in [0.3, 0.4) is 0 Å². The molecular formula is C21H21NO5S2. The van der Waals surface area contributed by atoms with E-state index in [1.165, 1.54) is 5.56 Å². The minimum atomic E-state index is -0.934. The molecule has 0 saturated carbocycles. The van der Waals surface area contributed by atoms with E-state index < -0.39 is 18.0 Å². The van der Waals surface area contributed by atoms with Gasteiger partial charge in [-0.05, 0) is 36.8 Å². The zero-order valence-electron chi connectivity index (χ0n) is 15.9. The lowest BCUT2D eigenvalue weighted by atomic mass is 10.1. The molecule has 1 fully saturated rings. The Labute approximate surface area is 177 Å². The van der Waals surface area contributed by atoms with Crippen LogP contribution < -0.4 is 14.8 Å². The van der Waals surface area contributed by atoms with Crippen molar-refractivity contribution in [3.63, 3.8) is 0 Å². The quantitative estimate of drug-likeness (QED) is 0.714. The molecule has 0 aromatic heterocycles. The van der Waals surface area contributed by atoms with Crippen LogP contribution in [0.4, 0.5) is 5.69 Å². The van der Waals surface area contributed by atoms with E-state index in [0.717, 1.165) is 11.5 Å². The van der Waals surface area contributed by atoms with Crippen LogP contribution in [0.5, 0.6) is 11.5 Å². The van der Waals surface area contributed by atoms with E-state index in [0.29, 0.717) is 40.5 Å². The highest BCUT2D eigenvalue weighted by Crippen LogP contribution is 2.45. The van der Waals surface area contributed by atoms with Crippen molar-refractivity contribution in [2.75, 3.05) is 30.0 Å². The fraction of sp³-hybridized carbons (Fsp3) is 0.333. The molecule has 2 aromatic rings. The zero-order valence-corrected chi connectivity index (χ0v) is 17.5. The molecule has 0 bridgehead atoms. The van der Waals surface area contributed by atoms with Gasteiger partial charge in [-0.15, -0.1) is 23.5 Å². The number of esters is 1. The number of carbonyl (C=O) groups is 2. The Hall–Kier alpha value is -2.32. The summed E-state index contributed by atoms with van der Waals surface area (Å²) in [7, 11) is 0. The minimum absolute atomic E-state index is 0.412. The molecule has 0 aliphatic carbocycles. The van der Waals surface area contributed by atoms with Crippen molar-refractivity contribution in [3.8, 4) is 11.5 Å². The molecule has 1 unspecified atom stereocenters. The van der Waals surface area contributed by atoms with Gasteiger partial charge in [0.25, 0.3) is 5.91 Å². The van der Waals surface area contributed by atoms with E-state index in [1.54, 1.807) is 37.3 Å². The molecule has 1 amide bonds. The summed E-state index contributed by atoms with van der Waals surface area (Å²) in [5, 5.41) is 2.74. The van der Waals surface area contributed by atoms with E-state index in [-0.39, 0.29) is 0 Å². The van der Waals surface area contributed by atoms with E-state index in [4.69, 9.17) is 14.2 Å². The molecule has 29 heavy (non-hydrogen) atoms. The van der Waals surface area contributed by atoms with Crippen molar-refractivity contribution in [1.82, 2.24) is 0 Å². The maximum Gasteiger partial charge on any atom is 0.338 e. The Bertz CT molecular complexity index is 896. The number of fused-ring (bicyclic) bond motifs is 1. The fourth-order valence-corrected chi connectivity index (χ4v) is 5.83. The van der Waals surface area contributed by atoms with Gasteiger partial charge < -0.3 is 19.5 Å². The molecule has 0 spiro atoms. The molecule has 2 aromatic carbocycles. The second kappa shape index (κ2) is 9.00. The van der Waals surface area contributed by atoms with Gasteiger partial charge in [-0.25, -0.2) is 4.79 Å². The van der Waals surface area contributed by atoms with Gasteiger partial charge in [0.15, 0.2) is 17.6 Å². The number of carbonyl (C=O) groups excluding carboxylic acids is 2. The van der Waals surface area contributed by atoms with E-state index in [2.05, 4.69) is 5.32 Å². The summed E-state index contributed by atoms with van der Waals surface area (Å²) in [6.07, 6.45) is -0.934. The number of amides is 1. The smallest absolute Gasteiger partial charge is 0.338 e. The van der Waals surface area contributed by atoms with Crippen LogP contribution in [0.2, 0.25) is 0 Å². The Kier molecular flexibility index (Phi) is 6.20. The topological polar surface area (TPSA) is 73.9 Å². The second-order valence-corrected chi connectivity index (χ2v) is 9.32. The van der Waals surface area contributed by atoms with Gasteiger partial charge in [0.2, 0.25) is 0 Å². The molecule has 1 N–H and O–H groups in total. The fourth-order valence-electron chi connectivity index (χ4n) is 2.97. The Morgan fingerprint density at radius 2 is 1.72 bits per heavy atom. The molecule has 6 nitrogen and oxygen atoms in total. The molecule has 1 atom stereocenters. The van der Waals surface area contributed by atoms with Gasteiger partial charge in [0, 0.05) is 23.3 Å². The number of rotatable bonds is 5. The van der Waals surface area contributed by atoms with Crippen molar-refractivity contribution in [3.05, 3.63) is 53.6 Å². The normalized spacial score (nSPS) is 16.9. The number of ether oxygens (including phenoxy) is 3. The van der Waals surface area contributed by atoms with Gasteiger partial charge in [0.05, 0.1) is 10.1 Å². The Morgan fingerprint density at radius 3 is 2.45 bits per heavy atom. The number of hydrogen-bond donors (Lipinski definition) is 1. The van der Waals surface area contributed by atoms with Crippen molar-refractivity contribution in [2.45, 2.75) is 17.6 Å². The average molecular weight is 432 g/mol. The summed E-state index contributed by atoms with van der Waals surface area (Å²) in [6, 6.07) is 12.6. The summed E-state index contributed by atoms with van der Waals surface area (Å²) < 4.78 is 16.7. The highest BCUT2D eigenvalue weighted by atomic mass is 32.2. The first-order valence-electron chi connectivity index (χ1n) is 9.35. The number of nitrogens with one attached hydrogen (secondary N) is 1. The summed E-state index contributed by atoms with van der Waals surface area (Å²) in [5.74, 6) is 2.59. The largest absolute Gasteiger partial charge is 0.486 e. The Morgan fingerprint density at radius 1 is 1.03 bits per heavy atom. The molecule has 1 saturated heterocycles. The van der Waals surface area contributed by atoms with Crippen molar-refractivity contribution in [2.24, 2.45) is 0 Å². The van der Waals surface area contributed by atoms with Crippen molar-refractivity contribution in [1.29, 1.82) is 0 Å². The molecule has 152 valence electrons. The maximum atomic E-state index is 12.4. The predicted molar refractivity (Wildman–Crippen MR) is 115 cm³/mol. The van der Waals surface area contributed by atoms with Gasteiger partial charge in [-0.1, -0.05) is 12.1 Å². The summed E-state index contributed by atoms with van der Waals surface area (Å²) in [5.41, 5.74) is 2.18. The highest BCUT2D eigenvalue weighted by molar-refractivity contribution is 8.19. The van der Waals surface area contributed by atoms with Crippen LogP contribution in [0.1, 0.15) is 27.4 Å². The lowest BCUT2D eigenvalue weighted by molar-refractivity contribution is -0.123. The lowest BCUT2D eigenvalue weighted by Gasteiger charge is -2.19. The first-order valence-corrected chi connectivity index (χ1v) is 11.4. The van der Waals surface area contributed by atoms with Gasteiger partial charge in [0.1, 0.15) is 13.2 Å². The average Bonchev–Trinajstić information content (AvgIpc) is 3.28. The van der Waals surface area contributed by atoms with Crippen LogP contribution in [-0.4, -0.2) is 42.7 Å². The van der Waals surface area contributed by atoms with Gasteiger partial charge in [-0.2, -0.15) is 0 Å². The van der Waals surface area contributed by atoms with Crippen molar-refractivity contribution < 1.29 is 23.8 Å². The molecule has 0 radical (unpaired) electrons. The molecule has 4 rings (SSSR count). The third-order valence-electron chi connectivity index (χ3n) is 4.50. The zero-order chi connectivity index (χ0) is 20.2. The molecule has 2 aliphatic rings. The monoisotopic (exact) mass is 431 g/mol. The Balaban J connectivity index is 1.33. The predicted octanol–water partition coefficient (Wildman–Crippen LogP) is 4.12. The minimum Gasteiger partial charge on any atom is -0.486 e. The van der Waals surface area contributed by atoms with Gasteiger partial charge in [-0.3, -0.25) is 4.79 Å². The molecular weight excluding hydrogens is 410 g/mol. The summed E-state index contributed by atoms with van der Waals surface area (Å²) in [4.78, 5) is 24.8. The van der Waals surface area contributed by atoms with Crippen LogP contribution in [0.15, 0.2) is 42.5 Å². The summed E-state index contributed by atoms with van der Waals surface area (Å²) >= 11 is 3.82. The maximum absolute atomic E-state index is 12.4. The number of thioether (sulfide) groups is 2. The molecule has 2 aliphatic heterocycles. The second-order valence-electron chi connectivity index (χ2n) is 6.59. The van der Waals surface area contributed by atoms with Crippen LogP contribution in [0.25, 0.3) is 0 Å². The highest BCUT2D eigenvalue weighted by Gasteiger charge is 2.22.